The highest BCUT2D eigenvalue weighted by atomic mass is 35.5. The van der Waals surface area contributed by atoms with Crippen molar-refractivity contribution in [3.8, 4) is 5.75 Å². The lowest BCUT2D eigenvalue weighted by atomic mass is 10.1. The molecule has 0 saturated heterocycles. The molecular formula is C8H10ClNO. The maximum atomic E-state index is 9.16. The number of phenolic OH excluding ortho intramolecular Hbond substituents is 1. The van der Waals surface area contributed by atoms with E-state index in [0.29, 0.717) is 5.02 Å². The standard InChI is InChI=1S/C8H10ClNO/c1-5(10)6-3-2-4-7(11)8(6)9/h2-5,11H,10H2,1H3/t5-/m1/s1. The first kappa shape index (κ1) is 8.37. The van der Waals surface area contributed by atoms with Crippen molar-refractivity contribution in [1.29, 1.82) is 0 Å². The van der Waals surface area contributed by atoms with Gasteiger partial charge in [-0.3, -0.25) is 0 Å². The summed E-state index contributed by atoms with van der Waals surface area (Å²) in [6.07, 6.45) is 0. The predicted molar refractivity (Wildman–Crippen MR) is 45.7 cm³/mol. The predicted octanol–water partition coefficient (Wildman–Crippen LogP) is 2.07. The van der Waals surface area contributed by atoms with Crippen molar-refractivity contribution in [2.45, 2.75) is 13.0 Å². The average Bonchev–Trinajstić information content (AvgIpc) is 1.94. The summed E-state index contributed by atoms with van der Waals surface area (Å²) < 4.78 is 0. The Balaban J connectivity index is 3.17. The Morgan fingerprint density at radius 1 is 1.55 bits per heavy atom. The Labute approximate surface area is 70.6 Å². The third-order valence-corrected chi connectivity index (χ3v) is 1.91. The average molecular weight is 172 g/mol. The van der Waals surface area contributed by atoms with Gasteiger partial charge in [0.2, 0.25) is 0 Å². The van der Waals surface area contributed by atoms with Crippen molar-refractivity contribution in [2.24, 2.45) is 5.73 Å². The van der Waals surface area contributed by atoms with Gasteiger partial charge in [-0.1, -0.05) is 23.7 Å². The van der Waals surface area contributed by atoms with Gasteiger partial charge >= 0.3 is 0 Å². The second-order valence-electron chi connectivity index (χ2n) is 2.47. The van der Waals surface area contributed by atoms with Crippen LogP contribution in [0.1, 0.15) is 18.5 Å². The summed E-state index contributed by atoms with van der Waals surface area (Å²) in [5.41, 5.74) is 6.36. The van der Waals surface area contributed by atoms with Crippen LogP contribution in [-0.2, 0) is 0 Å². The van der Waals surface area contributed by atoms with Crippen LogP contribution in [0.4, 0.5) is 0 Å². The lowest BCUT2D eigenvalue weighted by molar-refractivity contribution is 0.474. The van der Waals surface area contributed by atoms with Gasteiger partial charge < -0.3 is 10.8 Å². The molecule has 60 valence electrons. The smallest absolute Gasteiger partial charge is 0.134 e. The van der Waals surface area contributed by atoms with E-state index in [1.807, 2.05) is 6.92 Å². The van der Waals surface area contributed by atoms with E-state index in [-0.39, 0.29) is 11.8 Å². The van der Waals surface area contributed by atoms with Crippen LogP contribution in [-0.4, -0.2) is 5.11 Å². The van der Waals surface area contributed by atoms with Crippen LogP contribution < -0.4 is 5.73 Å². The van der Waals surface area contributed by atoms with Gasteiger partial charge in [-0.05, 0) is 18.6 Å². The summed E-state index contributed by atoms with van der Waals surface area (Å²) in [6, 6.07) is 4.91. The quantitative estimate of drug-likeness (QED) is 0.680. The van der Waals surface area contributed by atoms with Crippen molar-refractivity contribution in [2.75, 3.05) is 0 Å². The van der Waals surface area contributed by atoms with Gasteiger partial charge in [0.15, 0.2) is 0 Å². The molecule has 1 atom stereocenters. The fourth-order valence-electron chi connectivity index (χ4n) is 0.889. The highest BCUT2D eigenvalue weighted by Gasteiger charge is 2.07. The van der Waals surface area contributed by atoms with Gasteiger partial charge in [0.05, 0.1) is 5.02 Å². The number of aromatic hydroxyl groups is 1. The molecule has 0 radical (unpaired) electrons. The van der Waals surface area contributed by atoms with Crippen LogP contribution in [0.3, 0.4) is 0 Å². The van der Waals surface area contributed by atoms with Crippen LogP contribution in [0, 0.1) is 0 Å². The molecule has 1 aromatic rings. The number of nitrogens with two attached hydrogens (primary N) is 1. The SMILES string of the molecule is C[C@@H](N)c1cccc(O)c1Cl. The third-order valence-electron chi connectivity index (χ3n) is 1.50. The summed E-state index contributed by atoms with van der Waals surface area (Å²) in [5, 5.41) is 9.51. The monoisotopic (exact) mass is 171 g/mol. The van der Waals surface area contributed by atoms with Crippen molar-refractivity contribution in [3.63, 3.8) is 0 Å². The molecule has 0 aliphatic carbocycles. The number of hydrogen-bond acceptors (Lipinski definition) is 2. The minimum atomic E-state index is -0.144. The topological polar surface area (TPSA) is 46.2 Å². The Kier molecular flexibility index (Phi) is 2.37. The lowest BCUT2D eigenvalue weighted by Gasteiger charge is -2.08. The maximum absolute atomic E-state index is 9.16. The number of rotatable bonds is 1. The van der Waals surface area contributed by atoms with Gasteiger partial charge in [-0.2, -0.15) is 0 Å². The molecule has 0 aliphatic heterocycles. The minimum Gasteiger partial charge on any atom is -0.506 e. The number of phenols is 1. The zero-order valence-electron chi connectivity index (χ0n) is 6.21. The van der Waals surface area contributed by atoms with E-state index < -0.39 is 0 Å². The van der Waals surface area contributed by atoms with E-state index in [9.17, 15) is 0 Å². The number of benzene rings is 1. The Bertz CT molecular complexity index is 260. The fraction of sp³-hybridized carbons (Fsp3) is 0.250. The van der Waals surface area contributed by atoms with Gasteiger partial charge in [0.25, 0.3) is 0 Å². The molecule has 0 spiro atoms. The van der Waals surface area contributed by atoms with E-state index in [4.69, 9.17) is 22.4 Å². The molecule has 0 saturated carbocycles. The second-order valence-corrected chi connectivity index (χ2v) is 2.85. The first-order valence-electron chi connectivity index (χ1n) is 3.36. The van der Waals surface area contributed by atoms with Crippen LogP contribution in [0.2, 0.25) is 5.02 Å². The van der Waals surface area contributed by atoms with Crippen LogP contribution in [0.25, 0.3) is 0 Å². The summed E-state index contributed by atoms with van der Waals surface area (Å²) in [7, 11) is 0. The van der Waals surface area contributed by atoms with Crippen molar-refractivity contribution >= 4 is 11.6 Å². The Morgan fingerprint density at radius 3 is 2.64 bits per heavy atom. The number of halogens is 1. The zero-order valence-corrected chi connectivity index (χ0v) is 6.97. The number of hydrogen-bond donors (Lipinski definition) is 2. The van der Waals surface area contributed by atoms with Gasteiger partial charge in [0.1, 0.15) is 5.75 Å². The molecule has 1 rings (SSSR count). The molecule has 2 nitrogen and oxygen atoms in total. The van der Waals surface area contributed by atoms with Crippen molar-refractivity contribution in [1.82, 2.24) is 0 Å². The summed E-state index contributed by atoms with van der Waals surface area (Å²) >= 11 is 5.76. The van der Waals surface area contributed by atoms with Gasteiger partial charge in [-0.15, -0.1) is 0 Å². The first-order chi connectivity index (χ1) is 5.13. The molecule has 0 bridgehead atoms. The van der Waals surface area contributed by atoms with Crippen molar-refractivity contribution < 1.29 is 5.11 Å². The van der Waals surface area contributed by atoms with E-state index in [0.717, 1.165) is 5.56 Å². The molecule has 1 aromatic carbocycles. The zero-order chi connectivity index (χ0) is 8.43. The minimum absolute atomic E-state index is 0.0847. The van der Waals surface area contributed by atoms with E-state index >= 15 is 0 Å². The lowest BCUT2D eigenvalue weighted by Crippen LogP contribution is -2.05. The third kappa shape index (κ3) is 1.64. The summed E-state index contributed by atoms with van der Waals surface area (Å²) in [6.45, 7) is 1.82. The molecule has 0 aromatic heterocycles. The largest absolute Gasteiger partial charge is 0.506 e. The van der Waals surface area contributed by atoms with E-state index in [1.54, 1.807) is 12.1 Å². The highest BCUT2D eigenvalue weighted by molar-refractivity contribution is 6.32. The molecule has 0 aliphatic rings. The molecule has 3 N–H and O–H groups in total. The highest BCUT2D eigenvalue weighted by Crippen LogP contribution is 2.29. The van der Waals surface area contributed by atoms with Gasteiger partial charge in [-0.25, -0.2) is 0 Å². The molecular weight excluding hydrogens is 162 g/mol. The van der Waals surface area contributed by atoms with Crippen LogP contribution in [0.5, 0.6) is 5.75 Å². The van der Waals surface area contributed by atoms with E-state index in [2.05, 4.69) is 0 Å². The molecule has 11 heavy (non-hydrogen) atoms. The second kappa shape index (κ2) is 3.11. The first-order valence-corrected chi connectivity index (χ1v) is 3.73. The van der Waals surface area contributed by atoms with Crippen LogP contribution >= 0.6 is 11.6 Å². The Morgan fingerprint density at radius 2 is 2.18 bits per heavy atom. The molecule has 0 heterocycles. The van der Waals surface area contributed by atoms with Gasteiger partial charge in [0, 0.05) is 6.04 Å². The molecule has 0 amide bonds. The normalized spacial score (nSPS) is 13.0. The van der Waals surface area contributed by atoms with Crippen molar-refractivity contribution in [3.05, 3.63) is 28.8 Å². The van der Waals surface area contributed by atoms with Crippen LogP contribution in [0.15, 0.2) is 18.2 Å². The fourth-order valence-corrected chi connectivity index (χ4v) is 1.19. The molecule has 3 heteroatoms. The van der Waals surface area contributed by atoms with E-state index in [1.165, 1.54) is 6.07 Å². The molecule has 0 fully saturated rings. The summed E-state index contributed by atoms with van der Waals surface area (Å²) in [5.74, 6) is 0.0847. The summed E-state index contributed by atoms with van der Waals surface area (Å²) in [4.78, 5) is 0. The molecule has 0 unspecified atom stereocenters. The maximum Gasteiger partial charge on any atom is 0.134 e. The Hall–Kier alpha value is -0.730.